The highest BCUT2D eigenvalue weighted by atomic mass is 16.4. The molecule has 0 fully saturated rings. The maximum absolute atomic E-state index is 12.1. The van der Waals surface area contributed by atoms with Gasteiger partial charge in [-0.1, -0.05) is 11.6 Å². The number of amides is 2. The van der Waals surface area contributed by atoms with Crippen molar-refractivity contribution in [3.8, 4) is 0 Å². The largest absolute Gasteiger partial charge is 0.465 e. The van der Waals surface area contributed by atoms with E-state index in [4.69, 9.17) is 0 Å². The molecule has 5 heteroatoms. The molecule has 0 rings (SSSR count). The van der Waals surface area contributed by atoms with Crippen LogP contribution in [-0.2, 0) is 4.79 Å². The Hall–Kier alpha value is -1.78. The monoisotopic (exact) mass is 268 g/mol. The van der Waals surface area contributed by atoms with Gasteiger partial charge in [-0.2, -0.15) is 0 Å². The zero-order valence-electron chi connectivity index (χ0n) is 12.2. The van der Waals surface area contributed by atoms with Crippen LogP contribution in [0.3, 0.4) is 0 Å². The standard InChI is InChI=1S/C14H24N2O3/c1-7-8-15-12(17)11(9-10(2)3)16(13(18)19)14(4,5)6/h7,11H,1-2,8-9H2,3-6H3,(H,15,17)(H,18,19)/t11-/m0/s1. The van der Waals surface area contributed by atoms with Crippen molar-refractivity contribution < 1.29 is 14.7 Å². The summed E-state index contributed by atoms with van der Waals surface area (Å²) in [5.74, 6) is -0.333. The van der Waals surface area contributed by atoms with Crippen LogP contribution in [0.25, 0.3) is 0 Å². The number of carboxylic acid groups (broad SMARTS) is 1. The van der Waals surface area contributed by atoms with E-state index < -0.39 is 17.7 Å². The Bertz CT molecular complexity index is 369. The number of carbonyl (C=O) groups is 2. The first-order valence-corrected chi connectivity index (χ1v) is 6.16. The number of nitrogens with zero attached hydrogens (tertiary/aromatic N) is 1. The molecule has 0 aromatic rings. The maximum atomic E-state index is 12.1. The molecule has 19 heavy (non-hydrogen) atoms. The average Bonchev–Trinajstić information content (AvgIpc) is 2.21. The first-order valence-electron chi connectivity index (χ1n) is 6.16. The van der Waals surface area contributed by atoms with Crippen LogP contribution in [0.4, 0.5) is 4.79 Å². The van der Waals surface area contributed by atoms with Crippen molar-refractivity contribution >= 4 is 12.0 Å². The van der Waals surface area contributed by atoms with Crippen LogP contribution in [0.1, 0.15) is 34.1 Å². The Morgan fingerprint density at radius 2 is 1.95 bits per heavy atom. The van der Waals surface area contributed by atoms with Crippen LogP contribution in [0, 0.1) is 0 Å². The third-order valence-corrected chi connectivity index (χ3v) is 2.51. The van der Waals surface area contributed by atoms with E-state index in [2.05, 4.69) is 18.5 Å². The first-order chi connectivity index (χ1) is 8.61. The molecule has 0 heterocycles. The summed E-state index contributed by atoms with van der Waals surface area (Å²) in [6.07, 6.45) is 0.734. The van der Waals surface area contributed by atoms with Gasteiger partial charge in [0.2, 0.25) is 5.91 Å². The second kappa shape index (κ2) is 6.97. The number of hydrogen-bond donors (Lipinski definition) is 2. The molecule has 0 aromatic carbocycles. The first kappa shape index (κ1) is 17.2. The predicted molar refractivity (Wildman–Crippen MR) is 76.0 cm³/mol. The molecule has 2 amide bonds. The fourth-order valence-corrected chi connectivity index (χ4v) is 1.81. The van der Waals surface area contributed by atoms with Gasteiger partial charge >= 0.3 is 6.09 Å². The number of carbonyl (C=O) groups excluding carboxylic acids is 1. The Morgan fingerprint density at radius 1 is 1.42 bits per heavy atom. The maximum Gasteiger partial charge on any atom is 0.408 e. The molecule has 1 atom stereocenters. The van der Waals surface area contributed by atoms with Crippen molar-refractivity contribution in [2.45, 2.75) is 45.7 Å². The van der Waals surface area contributed by atoms with Gasteiger partial charge in [0.15, 0.2) is 0 Å². The van der Waals surface area contributed by atoms with Crippen molar-refractivity contribution in [3.05, 3.63) is 24.8 Å². The van der Waals surface area contributed by atoms with Crippen molar-refractivity contribution in [1.82, 2.24) is 10.2 Å². The number of rotatable bonds is 6. The third kappa shape index (κ3) is 5.59. The van der Waals surface area contributed by atoms with E-state index in [1.165, 1.54) is 4.90 Å². The minimum Gasteiger partial charge on any atom is -0.465 e. The fraction of sp³-hybridized carbons (Fsp3) is 0.571. The Kier molecular flexibility index (Phi) is 6.32. The van der Waals surface area contributed by atoms with E-state index >= 15 is 0 Å². The van der Waals surface area contributed by atoms with Gasteiger partial charge in [-0.25, -0.2) is 4.79 Å². The quantitative estimate of drug-likeness (QED) is 0.727. The molecule has 108 valence electrons. The van der Waals surface area contributed by atoms with Gasteiger partial charge in [-0.15, -0.1) is 13.2 Å². The van der Waals surface area contributed by atoms with Crippen LogP contribution in [-0.4, -0.2) is 40.1 Å². The van der Waals surface area contributed by atoms with Gasteiger partial charge in [0.1, 0.15) is 6.04 Å². The van der Waals surface area contributed by atoms with Gasteiger partial charge in [0.25, 0.3) is 0 Å². The van der Waals surface area contributed by atoms with E-state index in [1.807, 2.05) is 0 Å². The zero-order valence-corrected chi connectivity index (χ0v) is 12.2. The fourth-order valence-electron chi connectivity index (χ4n) is 1.81. The van der Waals surface area contributed by atoms with E-state index in [-0.39, 0.29) is 5.91 Å². The third-order valence-electron chi connectivity index (χ3n) is 2.51. The van der Waals surface area contributed by atoms with E-state index in [0.717, 1.165) is 5.57 Å². The van der Waals surface area contributed by atoms with E-state index in [1.54, 1.807) is 33.8 Å². The Labute approximate surface area is 115 Å². The van der Waals surface area contributed by atoms with Gasteiger partial charge < -0.3 is 10.4 Å². The Morgan fingerprint density at radius 3 is 2.26 bits per heavy atom. The number of hydrogen-bond acceptors (Lipinski definition) is 2. The summed E-state index contributed by atoms with van der Waals surface area (Å²) in [7, 11) is 0. The van der Waals surface area contributed by atoms with Crippen LogP contribution >= 0.6 is 0 Å². The summed E-state index contributed by atoms with van der Waals surface area (Å²) in [5.41, 5.74) is 0.0894. The smallest absolute Gasteiger partial charge is 0.408 e. The molecule has 2 N–H and O–H groups in total. The molecule has 5 nitrogen and oxygen atoms in total. The minimum atomic E-state index is -1.12. The molecule has 0 aliphatic rings. The van der Waals surface area contributed by atoms with Crippen LogP contribution in [0.2, 0.25) is 0 Å². The molecule has 0 saturated carbocycles. The van der Waals surface area contributed by atoms with Gasteiger partial charge in [-0.3, -0.25) is 9.69 Å². The normalized spacial score (nSPS) is 12.4. The average molecular weight is 268 g/mol. The van der Waals surface area contributed by atoms with Gasteiger partial charge in [0.05, 0.1) is 0 Å². The summed E-state index contributed by atoms with van der Waals surface area (Å²) < 4.78 is 0. The summed E-state index contributed by atoms with van der Waals surface area (Å²) >= 11 is 0. The lowest BCUT2D eigenvalue weighted by molar-refractivity contribution is -0.127. The lowest BCUT2D eigenvalue weighted by Crippen LogP contribution is -2.56. The summed E-state index contributed by atoms with van der Waals surface area (Å²) in [6, 6.07) is -0.782. The van der Waals surface area contributed by atoms with Gasteiger partial charge in [-0.05, 0) is 34.1 Å². The van der Waals surface area contributed by atoms with Crippen molar-refractivity contribution in [2.75, 3.05) is 6.54 Å². The van der Waals surface area contributed by atoms with Crippen LogP contribution in [0.15, 0.2) is 24.8 Å². The molecule has 0 aliphatic heterocycles. The topological polar surface area (TPSA) is 69.6 Å². The summed E-state index contributed by atoms with van der Waals surface area (Å²) in [4.78, 5) is 24.7. The molecule has 0 bridgehead atoms. The van der Waals surface area contributed by atoms with Crippen LogP contribution in [0.5, 0.6) is 0 Å². The van der Waals surface area contributed by atoms with E-state index in [0.29, 0.717) is 13.0 Å². The highest BCUT2D eigenvalue weighted by molar-refractivity contribution is 5.86. The molecule has 0 spiro atoms. The summed E-state index contributed by atoms with van der Waals surface area (Å²) in [6.45, 7) is 14.6. The SMILES string of the molecule is C=CCNC(=O)[C@H](CC(=C)C)N(C(=O)O)C(C)(C)C. The Balaban J connectivity index is 5.29. The molecule has 0 aromatic heterocycles. The van der Waals surface area contributed by atoms with Gasteiger partial charge in [0, 0.05) is 12.1 Å². The van der Waals surface area contributed by atoms with Crippen molar-refractivity contribution in [2.24, 2.45) is 0 Å². The molecule has 0 aliphatic carbocycles. The molecular weight excluding hydrogens is 244 g/mol. The predicted octanol–water partition coefficient (Wildman–Crippen LogP) is 2.40. The second-order valence-corrected chi connectivity index (χ2v) is 5.53. The molecule has 0 radical (unpaired) electrons. The lowest BCUT2D eigenvalue weighted by Gasteiger charge is -2.38. The molecular formula is C14H24N2O3. The van der Waals surface area contributed by atoms with Crippen molar-refractivity contribution in [1.29, 1.82) is 0 Å². The highest BCUT2D eigenvalue weighted by Crippen LogP contribution is 2.21. The zero-order chi connectivity index (χ0) is 15.2. The number of nitrogens with one attached hydrogen (secondary N) is 1. The second-order valence-electron chi connectivity index (χ2n) is 5.53. The summed E-state index contributed by atoms with van der Waals surface area (Å²) in [5, 5.41) is 12.0. The van der Waals surface area contributed by atoms with E-state index in [9.17, 15) is 14.7 Å². The highest BCUT2D eigenvalue weighted by Gasteiger charge is 2.37. The molecule has 0 unspecified atom stereocenters. The van der Waals surface area contributed by atoms with Crippen LogP contribution < -0.4 is 5.32 Å². The van der Waals surface area contributed by atoms with Crippen molar-refractivity contribution in [3.63, 3.8) is 0 Å². The lowest BCUT2D eigenvalue weighted by atomic mass is 9.99. The molecule has 0 saturated heterocycles. The minimum absolute atomic E-state index is 0.298.